The third-order valence-corrected chi connectivity index (χ3v) is 5.04. The Balaban J connectivity index is 0.00000392. The highest BCUT2D eigenvalue weighted by Crippen LogP contribution is 2.19. The lowest BCUT2D eigenvalue weighted by molar-refractivity contribution is 0.0982. The number of nitrogens with zero attached hydrogens (tertiary/aromatic N) is 2. The Hall–Kier alpha value is -1.06. The number of piperidine rings is 1. The van der Waals surface area contributed by atoms with Gasteiger partial charge in [-0.25, -0.2) is 0 Å². The molecular formula is C21H37IN4O2. The lowest BCUT2D eigenvalue weighted by Crippen LogP contribution is -2.54. The maximum absolute atomic E-state index is 5.68. The van der Waals surface area contributed by atoms with Crippen LogP contribution >= 0.6 is 24.0 Å². The molecule has 0 atom stereocenters. The van der Waals surface area contributed by atoms with Crippen molar-refractivity contribution in [3.63, 3.8) is 0 Å². The molecule has 6 nitrogen and oxygen atoms in total. The molecule has 0 spiro atoms. The van der Waals surface area contributed by atoms with Gasteiger partial charge in [0.05, 0.1) is 6.61 Å². The fraction of sp³-hybridized carbons (Fsp3) is 0.667. The van der Waals surface area contributed by atoms with Gasteiger partial charge in [-0.2, -0.15) is 0 Å². The van der Waals surface area contributed by atoms with Gasteiger partial charge >= 0.3 is 0 Å². The van der Waals surface area contributed by atoms with Crippen molar-refractivity contribution < 1.29 is 9.47 Å². The summed E-state index contributed by atoms with van der Waals surface area (Å²) in [5.41, 5.74) is 1.27. The topological polar surface area (TPSA) is 58.1 Å². The van der Waals surface area contributed by atoms with Crippen LogP contribution in [0.1, 0.15) is 38.7 Å². The van der Waals surface area contributed by atoms with Crippen LogP contribution in [0.25, 0.3) is 0 Å². The third kappa shape index (κ3) is 8.53. The van der Waals surface area contributed by atoms with Gasteiger partial charge in [-0.1, -0.05) is 18.6 Å². The van der Waals surface area contributed by atoms with E-state index < -0.39 is 0 Å². The van der Waals surface area contributed by atoms with E-state index in [1.54, 1.807) is 7.11 Å². The first-order valence-corrected chi connectivity index (χ1v) is 9.95. The lowest BCUT2D eigenvalue weighted by Gasteiger charge is -2.41. The van der Waals surface area contributed by atoms with E-state index in [4.69, 9.17) is 9.47 Å². The van der Waals surface area contributed by atoms with Crippen LogP contribution in [0.3, 0.4) is 0 Å². The second-order valence-electron chi connectivity index (χ2n) is 7.63. The van der Waals surface area contributed by atoms with Crippen molar-refractivity contribution in [3.05, 3.63) is 29.8 Å². The summed E-state index contributed by atoms with van der Waals surface area (Å²) < 4.78 is 10.7. The summed E-state index contributed by atoms with van der Waals surface area (Å²) in [4.78, 5) is 6.94. The van der Waals surface area contributed by atoms with E-state index in [1.807, 2.05) is 25.2 Å². The molecule has 1 saturated heterocycles. The summed E-state index contributed by atoms with van der Waals surface area (Å²) >= 11 is 0. The molecular weight excluding hydrogens is 467 g/mol. The monoisotopic (exact) mass is 504 g/mol. The summed E-state index contributed by atoms with van der Waals surface area (Å²) in [6.45, 7) is 9.71. The van der Waals surface area contributed by atoms with Crippen LogP contribution in [0.15, 0.2) is 29.3 Å². The van der Waals surface area contributed by atoms with Crippen LogP contribution in [0.4, 0.5) is 0 Å². The number of hydrogen-bond donors (Lipinski definition) is 2. The van der Waals surface area contributed by atoms with Crippen molar-refractivity contribution >= 4 is 29.9 Å². The van der Waals surface area contributed by atoms with Gasteiger partial charge < -0.3 is 20.1 Å². The van der Waals surface area contributed by atoms with Crippen LogP contribution < -0.4 is 15.4 Å². The number of aliphatic imine (C=N–C) groups is 1. The minimum absolute atomic E-state index is 0. The molecule has 0 radical (unpaired) electrons. The van der Waals surface area contributed by atoms with Gasteiger partial charge in [0.1, 0.15) is 12.4 Å². The van der Waals surface area contributed by atoms with E-state index in [-0.39, 0.29) is 29.5 Å². The number of methoxy groups -OCH3 is 1. The lowest BCUT2D eigenvalue weighted by atomic mass is 9.98. The smallest absolute Gasteiger partial charge is 0.191 e. The predicted molar refractivity (Wildman–Crippen MR) is 127 cm³/mol. The second-order valence-corrected chi connectivity index (χ2v) is 7.63. The Morgan fingerprint density at radius 2 is 1.89 bits per heavy atom. The summed E-state index contributed by atoms with van der Waals surface area (Å²) in [7, 11) is 3.49. The molecule has 1 aromatic rings. The molecule has 0 unspecified atom stereocenters. The Morgan fingerprint density at radius 3 is 2.57 bits per heavy atom. The number of halogens is 1. The molecule has 1 fully saturated rings. The molecule has 0 bridgehead atoms. The number of nitrogens with one attached hydrogen (secondary N) is 2. The molecule has 0 aliphatic carbocycles. The van der Waals surface area contributed by atoms with Gasteiger partial charge in [0.15, 0.2) is 5.96 Å². The molecule has 7 heteroatoms. The summed E-state index contributed by atoms with van der Waals surface area (Å²) in [6, 6.07) is 8.11. The molecule has 0 amide bonds. The average Bonchev–Trinajstić information content (AvgIpc) is 2.69. The third-order valence-electron chi connectivity index (χ3n) is 5.04. The largest absolute Gasteiger partial charge is 0.491 e. The zero-order valence-corrected chi connectivity index (χ0v) is 20.1. The van der Waals surface area contributed by atoms with E-state index in [0.29, 0.717) is 19.8 Å². The number of ether oxygens (including phenoxy) is 2. The van der Waals surface area contributed by atoms with Gasteiger partial charge in [0.2, 0.25) is 0 Å². The van der Waals surface area contributed by atoms with Crippen LogP contribution in [0, 0.1) is 0 Å². The van der Waals surface area contributed by atoms with Crippen molar-refractivity contribution in [2.75, 3.05) is 47.0 Å². The highest BCUT2D eigenvalue weighted by Gasteiger charge is 2.27. The molecule has 1 aliphatic heterocycles. The van der Waals surface area contributed by atoms with E-state index >= 15 is 0 Å². The first kappa shape index (κ1) is 25.0. The van der Waals surface area contributed by atoms with Gasteiger partial charge in [0.25, 0.3) is 0 Å². The predicted octanol–water partition coefficient (Wildman–Crippen LogP) is 3.26. The molecule has 1 aromatic carbocycles. The number of rotatable bonds is 9. The maximum atomic E-state index is 5.68. The zero-order valence-electron chi connectivity index (χ0n) is 17.8. The molecule has 28 heavy (non-hydrogen) atoms. The summed E-state index contributed by atoms with van der Waals surface area (Å²) in [5, 5.41) is 6.88. The van der Waals surface area contributed by atoms with E-state index in [1.165, 1.54) is 32.4 Å². The highest BCUT2D eigenvalue weighted by atomic mass is 127. The van der Waals surface area contributed by atoms with E-state index in [9.17, 15) is 0 Å². The van der Waals surface area contributed by atoms with Crippen LogP contribution in [-0.2, 0) is 11.3 Å². The van der Waals surface area contributed by atoms with Crippen molar-refractivity contribution in [1.29, 1.82) is 0 Å². The minimum atomic E-state index is 0. The van der Waals surface area contributed by atoms with Gasteiger partial charge in [-0.05, 0) is 57.5 Å². The van der Waals surface area contributed by atoms with Crippen LogP contribution in [0.2, 0.25) is 0 Å². The van der Waals surface area contributed by atoms with Crippen molar-refractivity contribution in [3.8, 4) is 5.75 Å². The van der Waals surface area contributed by atoms with Gasteiger partial charge in [-0.15, -0.1) is 24.0 Å². The minimum Gasteiger partial charge on any atom is -0.491 e. The highest BCUT2D eigenvalue weighted by molar-refractivity contribution is 14.0. The van der Waals surface area contributed by atoms with Crippen LogP contribution in [0.5, 0.6) is 5.75 Å². The zero-order chi connectivity index (χ0) is 19.5. The number of benzene rings is 1. The Bertz CT molecular complexity index is 590. The Kier molecular flexibility index (Phi) is 11.8. The molecule has 0 saturated carbocycles. The molecule has 1 aliphatic rings. The quantitative estimate of drug-likeness (QED) is 0.234. The first-order chi connectivity index (χ1) is 13.0. The normalized spacial score (nSPS) is 15.6. The Labute approximate surface area is 187 Å². The Morgan fingerprint density at radius 1 is 1.14 bits per heavy atom. The molecule has 2 rings (SSSR count). The maximum Gasteiger partial charge on any atom is 0.191 e. The number of hydrogen-bond acceptors (Lipinski definition) is 4. The molecule has 2 N–H and O–H groups in total. The summed E-state index contributed by atoms with van der Waals surface area (Å²) in [6.07, 6.45) is 3.97. The molecule has 160 valence electrons. The molecule has 1 heterocycles. The fourth-order valence-corrected chi connectivity index (χ4v) is 3.31. The van der Waals surface area contributed by atoms with Crippen molar-refractivity contribution in [2.45, 2.75) is 45.2 Å². The number of likely N-dealkylation sites (tertiary alicyclic amines) is 1. The van der Waals surface area contributed by atoms with Crippen molar-refractivity contribution in [2.24, 2.45) is 4.99 Å². The SMILES string of the molecule is CN=C(NCc1cccc(OCCOC)c1)NCC(C)(C)N1CCCCC1.I. The second kappa shape index (κ2) is 13.2. The fourth-order valence-electron chi connectivity index (χ4n) is 3.31. The standard InChI is InChI=1S/C21H36N4O2.HI/c1-21(2,25-11-6-5-7-12-25)17-24-20(22-3)23-16-18-9-8-10-19(15-18)27-14-13-26-4;/h8-10,15H,5-7,11-14,16-17H2,1-4H3,(H2,22,23,24);1H. The first-order valence-electron chi connectivity index (χ1n) is 9.95. The van der Waals surface area contributed by atoms with Crippen molar-refractivity contribution in [1.82, 2.24) is 15.5 Å². The van der Waals surface area contributed by atoms with Gasteiger partial charge in [0, 0.05) is 32.8 Å². The summed E-state index contributed by atoms with van der Waals surface area (Å²) in [5.74, 6) is 1.69. The average molecular weight is 504 g/mol. The van der Waals surface area contributed by atoms with E-state index in [0.717, 1.165) is 23.8 Å². The van der Waals surface area contributed by atoms with E-state index in [2.05, 4.69) is 40.4 Å². The molecule has 0 aromatic heterocycles. The number of guanidine groups is 1. The van der Waals surface area contributed by atoms with Crippen LogP contribution in [-0.4, -0.2) is 63.4 Å². The van der Waals surface area contributed by atoms with Gasteiger partial charge in [-0.3, -0.25) is 9.89 Å².